The van der Waals surface area contributed by atoms with Crippen molar-refractivity contribution in [3.8, 4) is 0 Å². The van der Waals surface area contributed by atoms with E-state index < -0.39 is 20.2 Å². The summed E-state index contributed by atoms with van der Waals surface area (Å²) in [5.74, 6) is -0.380. The van der Waals surface area contributed by atoms with Gasteiger partial charge in [0.05, 0.1) is 6.04 Å². The van der Waals surface area contributed by atoms with Gasteiger partial charge < -0.3 is 5.32 Å². The van der Waals surface area contributed by atoms with Crippen LogP contribution in [0.15, 0.2) is 41.3 Å². The second-order valence-corrected chi connectivity index (χ2v) is 11.8. The Balaban J connectivity index is 0.000000758. The maximum atomic E-state index is 12.0. The van der Waals surface area contributed by atoms with Gasteiger partial charge in [-0.1, -0.05) is 6.58 Å². The standard InChI is InChI=1S/C15H19NO2S.AsF6/c1-10(2)14(17)11(3)16-15(18)12-6-8-13(9-7-12)19(4)5;2-1(3,4,5,6)7/h6-9,11H,1H2,2-5H3;/q;-1/p+1. The molecule has 1 aromatic rings. The van der Waals surface area contributed by atoms with Crippen molar-refractivity contribution in [2.75, 3.05) is 12.5 Å². The van der Waals surface area contributed by atoms with Crippen LogP contribution in [-0.2, 0) is 15.7 Å². The van der Waals surface area contributed by atoms with Crippen LogP contribution in [0.3, 0.4) is 0 Å². The molecule has 1 atom stereocenters. The number of carbonyl (C=O) groups excluding carboxylic acids is 2. The summed E-state index contributed by atoms with van der Waals surface area (Å²) in [4.78, 5) is 24.8. The third-order valence-electron chi connectivity index (χ3n) is 2.75. The van der Waals surface area contributed by atoms with Crippen molar-refractivity contribution in [2.45, 2.75) is 24.8 Å². The van der Waals surface area contributed by atoms with E-state index in [4.69, 9.17) is 0 Å². The van der Waals surface area contributed by atoms with Gasteiger partial charge in [0, 0.05) is 16.5 Å². The van der Waals surface area contributed by atoms with Gasteiger partial charge in [0.2, 0.25) is 0 Å². The summed E-state index contributed by atoms with van der Waals surface area (Å²) in [6, 6.07) is 6.93. The number of hydrogen-bond donors (Lipinski definition) is 1. The van der Waals surface area contributed by atoms with Crippen molar-refractivity contribution >= 4 is 36.8 Å². The molecule has 3 nitrogen and oxygen atoms in total. The molecule has 1 aromatic carbocycles. The van der Waals surface area contributed by atoms with Crippen LogP contribution in [0.1, 0.15) is 24.2 Å². The average Bonchev–Trinajstić information content (AvgIpc) is 2.42. The minimum atomic E-state index is -11.1. The second-order valence-electron chi connectivity index (χ2n) is 5.64. The Morgan fingerprint density at radius 1 is 1.04 bits per heavy atom. The average molecular weight is 467 g/mol. The molecule has 0 spiro atoms. The van der Waals surface area contributed by atoms with E-state index in [1.807, 2.05) is 12.1 Å². The predicted octanol–water partition coefficient (Wildman–Crippen LogP) is 4.33. The van der Waals surface area contributed by atoms with Gasteiger partial charge in [-0.2, -0.15) is 0 Å². The van der Waals surface area contributed by atoms with E-state index in [9.17, 15) is 30.4 Å². The van der Waals surface area contributed by atoms with Crippen LogP contribution in [0.2, 0.25) is 0 Å². The van der Waals surface area contributed by atoms with Gasteiger partial charge in [0.25, 0.3) is 5.91 Å². The number of Topliss-reactive ketones (excluding diaryl/α,β-unsaturated/α-hetero) is 1. The molecular formula is C15H20AsF6NO2S. The Hall–Kier alpha value is -1.41. The van der Waals surface area contributed by atoms with E-state index in [-0.39, 0.29) is 22.6 Å². The second kappa shape index (κ2) is 7.68. The first-order valence-corrected chi connectivity index (χ1v) is 13.3. The molecule has 150 valence electrons. The summed E-state index contributed by atoms with van der Waals surface area (Å²) in [5.41, 5.74) is 1.01. The normalized spacial score (nSPS) is 15.0. The number of rotatable bonds is 5. The molecule has 0 fully saturated rings. The van der Waals surface area contributed by atoms with Crippen molar-refractivity contribution in [2.24, 2.45) is 0 Å². The van der Waals surface area contributed by atoms with E-state index in [0.717, 1.165) is 0 Å². The molecule has 1 unspecified atom stereocenters. The first-order chi connectivity index (χ1) is 11.3. The molecular weight excluding hydrogens is 447 g/mol. The van der Waals surface area contributed by atoms with Crippen LogP contribution in [0.25, 0.3) is 0 Å². The van der Waals surface area contributed by atoms with Crippen molar-refractivity contribution in [1.82, 2.24) is 5.32 Å². The molecule has 26 heavy (non-hydrogen) atoms. The SMILES string of the molecule is C=C(C)C(=O)C(C)NC(=O)c1ccc([S+](C)C)cc1.F[As-](F)(F)(F)(F)F. The number of nitrogens with one attached hydrogen (secondary N) is 1. The predicted molar refractivity (Wildman–Crippen MR) is 93.1 cm³/mol. The number of ketones is 1. The van der Waals surface area contributed by atoms with Crippen LogP contribution < -0.4 is 5.32 Å². The first-order valence-electron chi connectivity index (χ1n) is 7.02. The maximum absolute atomic E-state index is 12.0. The molecule has 0 radical (unpaired) electrons. The van der Waals surface area contributed by atoms with Gasteiger partial charge in [0.15, 0.2) is 10.7 Å². The molecule has 0 aromatic heterocycles. The quantitative estimate of drug-likeness (QED) is 0.304. The summed E-state index contributed by atoms with van der Waals surface area (Å²) in [6.07, 6.45) is 4.26. The number of carbonyl (C=O) groups is 2. The van der Waals surface area contributed by atoms with Crippen molar-refractivity contribution < 1.29 is 30.4 Å². The third kappa shape index (κ3) is 12.9. The van der Waals surface area contributed by atoms with Crippen LogP contribution in [-0.4, -0.2) is 44.4 Å². The van der Waals surface area contributed by atoms with Gasteiger partial charge in [-0.05, 0) is 43.7 Å². The van der Waals surface area contributed by atoms with Crippen LogP contribution in [0.4, 0.5) is 20.8 Å². The van der Waals surface area contributed by atoms with Crippen LogP contribution in [0, 0.1) is 0 Å². The van der Waals surface area contributed by atoms with Gasteiger partial charge in [-0.15, -0.1) is 0 Å². The summed E-state index contributed by atoms with van der Waals surface area (Å²) < 4.78 is 59.4. The minimum absolute atomic E-state index is 0.145. The zero-order valence-electron chi connectivity index (χ0n) is 14.5. The molecule has 0 aliphatic carbocycles. The Bertz CT molecular complexity index is 675. The van der Waals surface area contributed by atoms with Crippen molar-refractivity contribution in [1.29, 1.82) is 0 Å². The zero-order chi connectivity index (χ0) is 21.0. The van der Waals surface area contributed by atoms with Crippen LogP contribution >= 0.6 is 0 Å². The molecule has 0 saturated carbocycles. The van der Waals surface area contributed by atoms with E-state index in [0.29, 0.717) is 11.1 Å². The fraction of sp³-hybridized carbons (Fsp3) is 0.333. The number of halogens is 6. The summed E-state index contributed by atoms with van der Waals surface area (Å²) in [7, 11) is 0.178. The van der Waals surface area contributed by atoms with E-state index in [1.165, 1.54) is 4.90 Å². The van der Waals surface area contributed by atoms with E-state index in [2.05, 4.69) is 24.4 Å². The van der Waals surface area contributed by atoms with E-state index >= 15 is 0 Å². The first kappa shape index (κ1) is 24.6. The Labute approximate surface area is 152 Å². The van der Waals surface area contributed by atoms with Gasteiger partial charge >= 0.3 is 35.0 Å². The number of amides is 1. The molecule has 0 saturated heterocycles. The van der Waals surface area contributed by atoms with Gasteiger partial charge in [-0.25, -0.2) is 0 Å². The monoisotopic (exact) mass is 467 g/mol. The fourth-order valence-corrected chi connectivity index (χ4v) is 2.27. The molecule has 1 N–H and O–H groups in total. The molecule has 11 heteroatoms. The topological polar surface area (TPSA) is 46.2 Å². The molecule has 1 amide bonds. The number of benzene rings is 1. The zero-order valence-corrected chi connectivity index (χ0v) is 17.2. The summed E-state index contributed by atoms with van der Waals surface area (Å²) in [6.45, 7) is 6.89. The fourth-order valence-electron chi connectivity index (χ4n) is 1.59. The molecule has 0 heterocycles. The van der Waals surface area contributed by atoms with Crippen molar-refractivity contribution in [3.05, 3.63) is 42.0 Å². The third-order valence-corrected chi connectivity index (χ3v) is 3.96. The molecule has 0 aliphatic rings. The number of hydrogen-bond acceptors (Lipinski definition) is 2. The van der Waals surface area contributed by atoms with E-state index in [1.54, 1.807) is 26.0 Å². The molecule has 0 aliphatic heterocycles. The molecule has 1 rings (SSSR count). The summed E-state index contributed by atoms with van der Waals surface area (Å²) >= 11 is -11.1. The van der Waals surface area contributed by atoms with Crippen molar-refractivity contribution in [3.63, 3.8) is 0 Å². The van der Waals surface area contributed by atoms with Crippen LogP contribution in [0.5, 0.6) is 0 Å². The molecule has 0 bridgehead atoms. The summed E-state index contributed by atoms with van der Waals surface area (Å²) in [5, 5.41) is 2.68. The Morgan fingerprint density at radius 3 is 1.73 bits per heavy atom. The Morgan fingerprint density at radius 2 is 1.42 bits per heavy atom. The Kier molecular flexibility index (Phi) is 7.26. The van der Waals surface area contributed by atoms with Gasteiger partial charge in [0.1, 0.15) is 12.5 Å². The van der Waals surface area contributed by atoms with Gasteiger partial charge in [-0.3, -0.25) is 9.59 Å².